The van der Waals surface area contributed by atoms with E-state index in [9.17, 15) is 0 Å². The van der Waals surface area contributed by atoms with E-state index >= 15 is 0 Å². The van der Waals surface area contributed by atoms with Crippen LogP contribution in [0.25, 0.3) is 5.82 Å². The van der Waals surface area contributed by atoms with Crippen molar-refractivity contribution in [2.24, 2.45) is 0 Å². The molecule has 0 saturated carbocycles. The van der Waals surface area contributed by atoms with Gasteiger partial charge in [-0.2, -0.15) is 5.10 Å². The van der Waals surface area contributed by atoms with E-state index < -0.39 is 0 Å². The molecular formula is C12H16N4. The van der Waals surface area contributed by atoms with E-state index in [0.717, 1.165) is 17.3 Å². The second-order valence-corrected chi connectivity index (χ2v) is 4.08. The molecule has 0 atom stereocenters. The fourth-order valence-corrected chi connectivity index (χ4v) is 1.47. The molecular weight excluding hydrogens is 200 g/mol. The molecule has 2 rings (SSSR count). The number of aromatic nitrogens is 3. The van der Waals surface area contributed by atoms with E-state index in [4.69, 9.17) is 0 Å². The van der Waals surface area contributed by atoms with Crippen molar-refractivity contribution in [1.29, 1.82) is 0 Å². The van der Waals surface area contributed by atoms with Crippen molar-refractivity contribution in [2.75, 3.05) is 5.32 Å². The Balaban J connectivity index is 2.28. The Labute approximate surface area is 95.3 Å². The van der Waals surface area contributed by atoms with E-state index in [1.807, 2.05) is 37.4 Å². The van der Waals surface area contributed by atoms with Gasteiger partial charge in [0.25, 0.3) is 0 Å². The number of pyridine rings is 1. The van der Waals surface area contributed by atoms with Gasteiger partial charge in [-0.25, -0.2) is 9.67 Å². The highest BCUT2D eigenvalue weighted by molar-refractivity contribution is 5.40. The Morgan fingerprint density at radius 2 is 2.06 bits per heavy atom. The zero-order chi connectivity index (χ0) is 11.5. The van der Waals surface area contributed by atoms with Crippen molar-refractivity contribution in [3.05, 3.63) is 36.2 Å². The molecule has 1 N–H and O–H groups in total. The van der Waals surface area contributed by atoms with Crippen molar-refractivity contribution < 1.29 is 0 Å². The quantitative estimate of drug-likeness (QED) is 0.856. The van der Waals surface area contributed by atoms with Gasteiger partial charge in [-0.05, 0) is 39.0 Å². The Hall–Kier alpha value is -1.84. The van der Waals surface area contributed by atoms with Gasteiger partial charge < -0.3 is 5.32 Å². The first-order chi connectivity index (χ1) is 7.65. The highest BCUT2D eigenvalue weighted by Crippen LogP contribution is 2.10. The summed E-state index contributed by atoms with van der Waals surface area (Å²) in [4.78, 5) is 4.49. The van der Waals surface area contributed by atoms with Crippen LogP contribution in [-0.2, 0) is 0 Å². The van der Waals surface area contributed by atoms with Crippen molar-refractivity contribution in [3.8, 4) is 5.82 Å². The SMILES string of the molecule is Cc1ccn(-c2cccc(NC(C)C)n2)n1. The summed E-state index contributed by atoms with van der Waals surface area (Å²) in [5, 5.41) is 7.60. The Kier molecular flexibility index (Phi) is 2.90. The van der Waals surface area contributed by atoms with Gasteiger partial charge in [0.1, 0.15) is 5.82 Å². The highest BCUT2D eigenvalue weighted by Gasteiger charge is 2.02. The van der Waals surface area contributed by atoms with Gasteiger partial charge >= 0.3 is 0 Å². The van der Waals surface area contributed by atoms with Crippen LogP contribution in [0.3, 0.4) is 0 Å². The van der Waals surface area contributed by atoms with Crippen molar-refractivity contribution in [2.45, 2.75) is 26.8 Å². The molecule has 2 heterocycles. The Bertz CT molecular complexity index is 473. The van der Waals surface area contributed by atoms with Crippen molar-refractivity contribution >= 4 is 5.82 Å². The summed E-state index contributed by atoms with van der Waals surface area (Å²) >= 11 is 0. The minimum Gasteiger partial charge on any atom is -0.368 e. The van der Waals surface area contributed by atoms with E-state index in [-0.39, 0.29) is 0 Å². The van der Waals surface area contributed by atoms with Gasteiger partial charge in [0, 0.05) is 12.2 Å². The van der Waals surface area contributed by atoms with Crippen LogP contribution in [-0.4, -0.2) is 20.8 Å². The summed E-state index contributed by atoms with van der Waals surface area (Å²) in [6, 6.07) is 8.22. The van der Waals surface area contributed by atoms with Crippen LogP contribution in [0.15, 0.2) is 30.5 Å². The van der Waals surface area contributed by atoms with Crippen LogP contribution in [0.2, 0.25) is 0 Å². The normalized spacial score (nSPS) is 10.8. The molecule has 2 aromatic rings. The number of nitrogens with one attached hydrogen (secondary N) is 1. The number of anilines is 1. The average molecular weight is 216 g/mol. The topological polar surface area (TPSA) is 42.7 Å². The molecule has 0 spiro atoms. The van der Waals surface area contributed by atoms with Gasteiger partial charge in [0.15, 0.2) is 5.82 Å². The lowest BCUT2D eigenvalue weighted by Gasteiger charge is -2.09. The van der Waals surface area contributed by atoms with Crippen LogP contribution in [0.5, 0.6) is 0 Å². The number of nitrogens with zero attached hydrogens (tertiary/aromatic N) is 3. The van der Waals surface area contributed by atoms with Crippen LogP contribution in [0.4, 0.5) is 5.82 Å². The van der Waals surface area contributed by atoms with Gasteiger partial charge in [0.2, 0.25) is 0 Å². The summed E-state index contributed by atoms with van der Waals surface area (Å²) in [6.45, 7) is 6.14. The molecule has 0 bridgehead atoms. The summed E-state index contributed by atoms with van der Waals surface area (Å²) in [5.74, 6) is 1.71. The molecule has 84 valence electrons. The fourth-order valence-electron chi connectivity index (χ4n) is 1.47. The molecule has 0 fully saturated rings. The van der Waals surface area contributed by atoms with Crippen LogP contribution in [0.1, 0.15) is 19.5 Å². The summed E-state index contributed by atoms with van der Waals surface area (Å²) in [7, 11) is 0. The van der Waals surface area contributed by atoms with Crippen LogP contribution >= 0.6 is 0 Å². The number of aryl methyl sites for hydroxylation is 1. The predicted octanol–water partition coefficient (Wildman–Crippen LogP) is 2.40. The first-order valence-electron chi connectivity index (χ1n) is 5.41. The molecule has 4 nitrogen and oxygen atoms in total. The molecule has 16 heavy (non-hydrogen) atoms. The third-order valence-corrected chi connectivity index (χ3v) is 2.13. The lowest BCUT2D eigenvalue weighted by atomic mass is 10.3. The number of hydrogen-bond acceptors (Lipinski definition) is 3. The molecule has 0 aromatic carbocycles. The van der Waals surface area contributed by atoms with E-state index in [1.165, 1.54) is 0 Å². The third kappa shape index (κ3) is 2.39. The zero-order valence-corrected chi connectivity index (χ0v) is 9.81. The molecule has 4 heteroatoms. The Morgan fingerprint density at radius 1 is 1.25 bits per heavy atom. The smallest absolute Gasteiger partial charge is 0.155 e. The summed E-state index contributed by atoms with van der Waals surface area (Å²) in [6.07, 6.45) is 1.91. The average Bonchev–Trinajstić information content (AvgIpc) is 2.64. The van der Waals surface area contributed by atoms with E-state index in [2.05, 4.69) is 29.2 Å². The summed E-state index contributed by atoms with van der Waals surface area (Å²) in [5.41, 5.74) is 0.990. The second-order valence-electron chi connectivity index (χ2n) is 4.08. The minimum atomic E-state index is 0.377. The van der Waals surface area contributed by atoms with Crippen molar-refractivity contribution in [3.63, 3.8) is 0 Å². The molecule has 0 saturated heterocycles. The first-order valence-corrected chi connectivity index (χ1v) is 5.41. The van der Waals surface area contributed by atoms with Gasteiger partial charge in [-0.1, -0.05) is 6.07 Å². The third-order valence-electron chi connectivity index (χ3n) is 2.13. The lowest BCUT2D eigenvalue weighted by molar-refractivity contribution is 0.825. The molecule has 0 unspecified atom stereocenters. The van der Waals surface area contributed by atoms with Crippen molar-refractivity contribution in [1.82, 2.24) is 14.8 Å². The van der Waals surface area contributed by atoms with Gasteiger partial charge in [0.05, 0.1) is 5.69 Å². The van der Waals surface area contributed by atoms with Gasteiger partial charge in [-0.15, -0.1) is 0 Å². The molecule has 0 aliphatic rings. The first kappa shape index (κ1) is 10.7. The fraction of sp³-hybridized carbons (Fsp3) is 0.333. The maximum atomic E-state index is 4.49. The summed E-state index contributed by atoms with van der Waals surface area (Å²) < 4.78 is 1.78. The number of rotatable bonds is 3. The Morgan fingerprint density at radius 3 is 2.69 bits per heavy atom. The zero-order valence-electron chi connectivity index (χ0n) is 9.81. The van der Waals surface area contributed by atoms with E-state index in [1.54, 1.807) is 4.68 Å². The molecule has 2 aromatic heterocycles. The maximum absolute atomic E-state index is 4.49. The van der Waals surface area contributed by atoms with Gasteiger partial charge in [-0.3, -0.25) is 0 Å². The molecule has 0 amide bonds. The van der Waals surface area contributed by atoms with Crippen LogP contribution in [0, 0.1) is 6.92 Å². The monoisotopic (exact) mass is 216 g/mol. The number of hydrogen-bond donors (Lipinski definition) is 1. The molecule has 0 aliphatic carbocycles. The minimum absolute atomic E-state index is 0.377. The second kappa shape index (κ2) is 4.35. The predicted molar refractivity (Wildman–Crippen MR) is 64.9 cm³/mol. The van der Waals surface area contributed by atoms with E-state index in [0.29, 0.717) is 6.04 Å². The maximum Gasteiger partial charge on any atom is 0.155 e. The highest BCUT2D eigenvalue weighted by atomic mass is 15.3. The van der Waals surface area contributed by atoms with Crippen LogP contribution < -0.4 is 5.32 Å². The molecule has 0 aliphatic heterocycles. The molecule has 0 radical (unpaired) electrons. The standard InChI is InChI=1S/C12H16N4/c1-9(2)13-11-5-4-6-12(14-11)16-8-7-10(3)15-16/h4-9H,1-3H3,(H,13,14). The lowest BCUT2D eigenvalue weighted by Crippen LogP contribution is -2.11. The largest absolute Gasteiger partial charge is 0.368 e.